The molecular formula is C26H30N6OS. The maximum Gasteiger partial charge on any atom is 0.232 e. The normalized spacial score (nSPS) is 15.2. The van der Waals surface area contributed by atoms with E-state index in [-0.39, 0.29) is 0 Å². The van der Waals surface area contributed by atoms with Gasteiger partial charge in [0.1, 0.15) is 11.6 Å². The summed E-state index contributed by atoms with van der Waals surface area (Å²) in [6.07, 6.45) is 2.01. The van der Waals surface area contributed by atoms with E-state index in [0.717, 1.165) is 57.2 Å². The summed E-state index contributed by atoms with van der Waals surface area (Å²) < 4.78 is 5.53. The van der Waals surface area contributed by atoms with E-state index in [1.165, 1.54) is 16.7 Å². The Kier molecular flexibility index (Phi) is 7.16. The van der Waals surface area contributed by atoms with E-state index in [9.17, 15) is 0 Å². The molecule has 3 heterocycles. The number of nitrogens with zero attached hydrogens (tertiary/aromatic N) is 4. The summed E-state index contributed by atoms with van der Waals surface area (Å²) in [5, 5.41) is 7.06. The van der Waals surface area contributed by atoms with Gasteiger partial charge in [0.15, 0.2) is 5.11 Å². The van der Waals surface area contributed by atoms with Crippen LogP contribution >= 0.6 is 12.2 Å². The topological polar surface area (TPSA) is 65.6 Å². The number of ether oxygens (including phenoxy) is 1. The quantitative estimate of drug-likeness (QED) is 0.397. The lowest BCUT2D eigenvalue weighted by Crippen LogP contribution is -2.37. The minimum atomic E-state index is 0.524. The van der Waals surface area contributed by atoms with Crippen LogP contribution in [-0.2, 0) is 24.2 Å². The van der Waals surface area contributed by atoms with Gasteiger partial charge in [0.05, 0.1) is 13.2 Å². The number of benzene rings is 2. The summed E-state index contributed by atoms with van der Waals surface area (Å²) in [6.45, 7) is 5.53. The van der Waals surface area contributed by atoms with Crippen molar-refractivity contribution in [2.75, 3.05) is 48.0 Å². The summed E-state index contributed by atoms with van der Waals surface area (Å²) >= 11 is 5.55. The van der Waals surface area contributed by atoms with Crippen molar-refractivity contribution in [2.45, 2.75) is 25.9 Å². The molecule has 7 nitrogen and oxygen atoms in total. The summed E-state index contributed by atoms with van der Waals surface area (Å²) in [5.41, 5.74) is 4.03. The van der Waals surface area contributed by atoms with Gasteiger partial charge in [-0.2, -0.15) is 9.97 Å². The van der Waals surface area contributed by atoms with Crippen LogP contribution in [0, 0.1) is 0 Å². The summed E-state index contributed by atoms with van der Waals surface area (Å²) in [5.74, 6) is 2.33. The van der Waals surface area contributed by atoms with Gasteiger partial charge in [-0.3, -0.25) is 0 Å². The average molecular weight is 475 g/mol. The van der Waals surface area contributed by atoms with Gasteiger partial charge in [0, 0.05) is 38.8 Å². The number of rotatable bonds is 7. The van der Waals surface area contributed by atoms with Gasteiger partial charge in [-0.1, -0.05) is 54.6 Å². The number of nitrogens with one attached hydrogen (secondary N) is 2. The Hall–Kier alpha value is -3.23. The van der Waals surface area contributed by atoms with Crippen molar-refractivity contribution in [3.8, 4) is 0 Å². The zero-order chi connectivity index (χ0) is 23.2. The molecule has 1 aromatic heterocycles. The van der Waals surface area contributed by atoms with E-state index in [1.54, 1.807) is 0 Å². The lowest BCUT2D eigenvalue weighted by atomic mass is 10.1. The molecule has 0 amide bonds. The zero-order valence-electron chi connectivity index (χ0n) is 19.2. The lowest BCUT2D eigenvalue weighted by molar-refractivity contribution is 0.122. The Morgan fingerprint density at radius 1 is 0.882 bits per heavy atom. The molecule has 1 saturated heterocycles. The molecule has 0 atom stereocenters. The van der Waals surface area contributed by atoms with Crippen molar-refractivity contribution >= 4 is 34.9 Å². The van der Waals surface area contributed by atoms with Crippen molar-refractivity contribution in [1.29, 1.82) is 0 Å². The molecule has 3 aromatic rings. The highest BCUT2D eigenvalue weighted by Crippen LogP contribution is 2.29. The van der Waals surface area contributed by atoms with Gasteiger partial charge in [0.2, 0.25) is 5.95 Å². The largest absolute Gasteiger partial charge is 0.378 e. The van der Waals surface area contributed by atoms with E-state index in [0.29, 0.717) is 24.3 Å². The molecule has 8 heteroatoms. The van der Waals surface area contributed by atoms with Crippen LogP contribution < -0.4 is 20.4 Å². The SMILES string of the molecule is S=C(NCCCc1ccccc1)Nc1nc(N2CCOCC2)cc(N2Cc3ccccc3C2)n1. The Bertz CT molecular complexity index is 1090. The third kappa shape index (κ3) is 5.63. The maximum absolute atomic E-state index is 5.55. The molecule has 0 aliphatic carbocycles. The van der Waals surface area contributed by atoms with Crippen molar-refractivity contribution in [3.63, 3.8) is 0 Å². The van der Waals surface area contributed by atoms with Gasteiger partial charge in [0.25, 0.3) is 0 Å². The highest BCUT2D eigenvalue weighted by Gasteiger charge is 2.23. The Labute approximate surface area is 206 Å². The molecule has 2 N–H and O–H groups in total. The molecule has 176 valence electrons. The van der Waals surface area contributed by atoms with Gasteiger partial charge in [-0.15, -0.1) is 0 Å². The number of anilines is 3. The summed E-state index contributed by atoms with van der Waals surface area (Å²) in [7, 11) is 0. The number of hydrogen-bond acceptors (Lipinski definition) is 6. The van der Waals surface area contributed by atoms with Crippen LogP contribution in [0.25, 0.3) is 0 Å². The first-order valence-corrected chi connectivity index (χ1v) is 12.3. The van der Waals surface area contributed by atoms with Crippen LogP contribution in [0.2, 0.25) is 0 Å². The van der Waals surface area contributed by atoms with Crippen molar-refractivity contribution < 1.29 is 4.74 Å². The van der Waals surface area contributed by atoms with Crippen LogP contribution in [0.5, 0.6) is 0 Å². The zero-order valence-corrected chi connectivity index (χ0v) is 20.1. The number of aryl methyl sites for hydroxylation is 1. The maximum atomic E-state index is 5.55. The standard InChI is InChI=1S/C26H30N6OS/c34-26(27-12-6-9-20-7-2-1-3-8-20)30-25-28-23(31-13-15-33-16-14-31)17-24(29-25)32-18-21-10-4-5-11-22(21)19-32/h1-5,7-8,10-11,17H,6,9,12-16,18-19H2,(H2,27,28,29,30,34). The second-order valence-electron chi connectivity index (χ2n) is 8.60. The number of thiocarbonyl (C=S) groups is 1. The summed E-state index contributed by atoms with van der Waals surface area (Å²) in [6, 6.07) is 21.1. The Balaban J connectivity index is 1.26. The molecule has 2 aliphatic heterocycles. The number of hydrogen-bond donors (Lipinski definition) is 2. The van der Waals surface area contributed by atoms with Gasteiger partial charge >= 0.3 is 0 Å². The third-order valence-corrected chi connectivity index (χ3v) is 6.44. The minimum absolute atomic E-state index is 0.524. The van der Waals surface area contributed by atoms with E-state index in [1.807, 2.05) is 6.07 Å². The molecule has 0 spiro atoms. The first-order chi connectivity index (χ1) is 16.7. The Morgan fingerprint density at radius 2 is 1.53 bits per heavy atom. The predicted molar refractivity (Wildman–Crippen MR) is 140 cm³/mol. The minimum Gasteiger partial charge on any atom is -0.378 e. The molecule has 34 heavy (non-hydrogen) atoms. The highest BCUT2D eigenvalue weighted by atomic mass is 32.1. The van der Waals surface area contributed by atoms with Crippen LogP contribution in [0.15, 0.2) is 60.7 Å². The van der Waals surface area contributed by atoms with E-state index in [4.69, 9.17) is 26.9 Å². The molecular weight excluding hydrogens is 444 g/mol. The molecule has 5 rings (SSSR count). The fourth-order valence-electron chi connectivity index (χ4n) is 4.37. The molecule has 0 unspecified atom stereocenters. The fraction of sp³-hybridized carbons (Fsp3) is 0.346. The highest BCUT2D eigenvalue weighted by molar-refractivity contribution is 7.80. The predicted octanol–water partition coefficient (Wildman–Crippen LogP) is 3.75. The average Bonchev–Trinajstić information content (AvgIpc) is 3.32. The van der Waals surface area contributed by atoms with Crippen molar-refractivity contribution in [3.05, 3.63) is 77.4 Å². The first-order valence-electron chi connectivity index (χ1n) is 11.9. The number of fused-ring (bicyclic) bond motifs is 1. The van der Waals surface area contributed by atoms with Crippen LogP contribution in [0.4, 0.5) is 17.6 Å². The lowest BCUT2D eigenvalue weighted by Gasteiger charge is -2.29. The number of morpholine rings is 1. The van der Waals surface area contributed by atoms with Crippen LogP contribution in [-0.4, -0.2) is 47.9 Å². The van der Waals surface area contributed by atoms with Crippen molar-refractivity contribution in [2.24, 2.45) is 0 Å². The first kappa shape index (κ1) is 22.6. The second-order valence-corrected chi connectivity index (χ2v) is 9.01. The van der Waals surface area contributed by atoms with E-state index in [2.05, 4.69) is 75.0 Å². The van der Waals surface area contributed by atoms with Crippen molar-refractivity contribution in [1.82, 2.24) is 15.3 Å². The smallest absolute Gasteiger partial charge is 0.232 e. The Morgan fingerprint density at radius 3 is 2.24 bits per heavy atom. The van der Waals surface area contributed by atoms with Gasteiger partial charge in [-0.25, -0.2) is 0 Å². The molecule has 0 saturated carbocycles. The van der Waals surface area contributed by atoms with Crippen LogP contribution in [0.3, 0.4) is 0 Å². The second kappa shape index (κ2) is 10.8. The molecule has 2 aliphatic rings. The molecule has 2 aromatic carbocycles. The summed E-state index contributed by atoms with van der Waals surface area (Å²) in [4.78, 5) is 14.2. The van der Waals surface area contributed by atoms with Gasteiger partial charge < -0.3 is 25.2 Å². The third-order valence-electron chi connectivity index (χ3n) is 6.19. The van der Waals surface area contributed by atoms with E-state index >= 15 is 0 Å². The number of aromatic nitrogens is 2. The monoisotopic (exact) mass is 474 g/mol. The van der Waals surface area contributed by atoms with Gasteiger partial charge in [-0.05, 0) is 41.7 Å². The molecule has 0 bridgehead atoms. The fourth-order valence-corrected chi connectivity index (χ4v) is 4.57. The molecule has 1 fully saturated rings. The van der Waals surface area contributed by atoms with Crippen LogP contribution in [0.1, 0.15) is 23.1 Å². The molecule has 0 radical (unpaired) electrons. The van der Waals surface area contributed by atoms with E-state index < -0.39 is 0 Å².